The van der Waals surface area contributed by atoms with E-state index in [9.17, 15) is 27.9 Å². The summed E-state index contributed by atoms with van der Waals surface area (Å²) in [6.45, 7) is 0. The van der Waals surface area contributed by atoms with Crippen LogP contribution in [-0.4, -0.2) is 28.8 Å². The lowest BCUT2D eigenvalue weighted by Gasteiger charge is -2.45. The summed E-state index contributed by atoms with van der Waals surface area (Å²) in [5.74, 6) is -3.05. The Morgan fingerprint density at radius 1 is 1.07 bits per heavy atom. The van der Waals surface area contributed by atoms with Crippen molar-refractivity contribution in [3.63, 3.8) is 0 Å². The highest BCUT2D eigenvalue weighted by Crippen LogP contribution is 2.43. The Morgan fingerprint density at radius 2 is 1.67 bits per heavy atom. The number of aliphatic hydroxyl groups is 1. The Kier molecular flexibility index (Phi) is 4.88. The van der Waals surface area contributed by atoms with E-state index in [1.165, 1.54) is 41.7 Å². The molecule has 3 rings (SSSR count). The first-order valence-corrected chi connectivity index (χ1v) is 8.24. The Bertz CT molecular complexity index is 858. The molecule has 0 radical (unpaired) electrons. The molecule has 5 nitrogen and oxygen atoms in total. The van der Waals surface area contributed by atoms with E-state index in [1.807, 2.05) is 0 Å². The van der Waals surface area contributed by atoms with Gasteiger partial charge in [0.05, 0.1) is 6.04 Å². The van der Waals surface area contributed by atoms with Gasteiger partial charge in [0, 0.05) is 10.6 Å². The molecule has 9 heteroatoms. The molecule has 0 saturated carbocycles. The largest absolute Gasteiger partial charge is 0.437 e. The van der Waals surface area contributed by atoms with Crippen LogP contribution < -0.4 is 10.6 Å². The summed E-state index contributed by atoms with van der Waals surface area (Å²) >= 11 is 5.76. The van der Waals surface area contributed by atoms with Gasteiger partial charge in [-0.25, -0.2) is 4.79 Å². The highest BCUT2D eigenvalue weighted by atomic mass is 35.5. The van der Waals surface area contributed by atoms with Crippen molar-refractivity contribution in [3.8, 4) is 0 Å². The van der Waals surface area contributed by atoms with E-state index in [-0.39, 0.29) is 11.1 Å². The van der Waals surface area contributed by atoms with Crippen LogP contribution in [0.1, 0.15) is 22.0 Å². The molecule has 0 aromatic heterocycles. The molecule has 3 atom stereocenters. The molecule has 2 aromatic carbocycles. The molecule has 1 aliphatic heterocycles. The predicted molar refractivity (Wildman–Crippen MR) is 91.1 cm³/mol. The zero-order valence-electron chi connectivity index (χ0n) is 13.6. The van der Waals surface area contributed by atoms with Gasteiger partial charge in [-0.15, -0.1) is 0 Å². The van der Waals surface area contributed by atoms with Gasteiger partial charge in [0.25, 0.3) is 0 Å². The molecule has 27 heavy (non-hydrogen) atoms. The normalized spacial score (nSPS) is 25.4. The van der Waals surface area contributed by atoms with E-state index in [0.717, 1.165) is 0 Å². The Balaban J connectivity index is 2.15. The standard InChI is InChI=1S/C18H14ClF3N2O3/c19-12-8-6-11(7-9-12)15(25)13-14(10-4-2-1-3-5-10)23-16(26)24-17(13,27)18(20,21)22/h1-9,13-14,27H,(H2,23,24,26)/t13-,14+,17+/m1/s1. The van der Waals surface area contributed by atoms with Gasteiger partial charge < -0.3 is 15.7 Å². The van der Waals surface area contributed by atoms with E-state index < -0.39 is 35.7 Å². The van der Waals surface area contributed by atoms with Gasteiger partial charge in [-0.3, -0.25) is 4.79 Å². The highest BCUT2D eigenvalue weighted by Gasteiger charge is 2.66. The minimum Gasteiger partial charge on any atom is -0.363 e. The molecule has 142 valence electrons. The minimum atomic E-state index is -5.29. The first-order chi connectivity index (χ1) is 12.6. The third kappa shape index (κ3) is 3.50. The number of benzene rings is 2. The Hall–Kier alpha value is -2.58. The fraction of sp³-hybridized carbons (Fsp3) is 0.222. The summed E-state index contributed by atoms with van der Waals surface area (Å²) in [6.07, 6.45) is -5.29. The SMILES string of the molecule is O=C1N[C@@H](c2ccccc2)[C@H](C(=O)c2ccc(Cl)cc2)[C@](O)(C(F)(F)F)N1. The summed E-state index contributed by atoms with van der Waals surface area (Å²) in [5, 5.41) is 14.5. The van der Waals surface area contributed by atoms with Crippen LogP contribution in [0.2, 0.25) is 5.02 Å². The maximum absolute atomic E-state index is 13.7. The molecule has 2 aromatic rings. The molecule has 0 aliphatic carbocycles. The number of carbonyl (C=O) groups excluding carboxylic acids is 2. The second-order valence-electron chi connectivity index (χ2n) is 6.10. The first kappa shape index (κ1) is 19.2. The lowest BCUT2D eigenvalue weighted by atomic mass is 9.77. The number of carbonyl (C=O) groups is 2. The second kappa shape index (κ2) is 6.86. The summed E-state index contributed by atoms with van der Waals surface area (Å²) in [6, 6.07) is 10.3. The quantitative estimate of drug-likeness (QED) is 0.693. The zero-order valence-corrected chi connectivity index (χ0v) is 14.4. The molecular weight excluding hydrogens is 385 g/mol. The van der Waals surface area contributed by atoms with Gasteiger partial charge in [0.15, 0.2) is 5.78 Å². The summed E-state index contributed by atoms with van der Waals surface area (Å²) in [4.78, 5) is 24.8. The maximum atomic E-state index is 13.7. The number of Topliss-reactive ketones (excluding diaryl/α,β-unsaturated/α-hetero) is 1. The smallest absolute Gasteiger partial charge is 0.363 e. The maximum Gasteiger partial charge on any atom is 0.437 e. The number of alkyl halides is 3. The second-order valence-corrected chi connectivity index (χ2v) is 6.54. The van der Waals surface area contributed by atoms with Crippen molar-refractivity contribution in [3.05, 3.63) is 70.7 Å². The van der Waals surface area contributed by atoms with Crippen molar-refractivity contribution in [2.75, 3.05) is 0 Å². The number of hydrogen-bond acceptors (Lipinski definition) is 3. The Labute approximate surface area is 157 Å². The average Bonchev–Trinajstić information content (AvgIpc) is 2.61. The molecule has 0 spiro atoms. The average molecular weight is 399 g/mol. The topological polar surface area (TPSA) is 78.4 Å². The molecule has 1 heterocycles. The number of ketones is 1. The number of halogens is 4. The molecule has 3 N–H and O–H groups in total. The molecule has 1 saturated heterocycles. The van der Waals surface area contributed by atoms with Crippen LogP contribution in [-0.2, 0) is 0 Å². The number of urea groups is 1. The van der Waals surface area contributed by atoms with Crippen molar-refractivity contribution >= 4 is 23.4 Å². The summed E-state index contributed by atoms with van der Waals surface area (Å²) in [7, 11) is 0. The van der Waals surface area contributed by atoms with E-state index in [4.69, 9.17) is 11.6 Å². The van der Waals surface area contributed by atoms with Gasteiger partial charge in [-0.2, -0.15) is 13.2 Å². The molecule has 2 amide bonds. The van der Waals surface area contributed by atoms with Crippen molar-refractivity contribution in [2.24, 2.45) is 5.92 Å². The monoisotopic (exact) mass is 398 g/mol. The van der Waals surface area contributed by atoms with Crippen molar-refractivity contribution in [1.82, 2.24) is 10.6 Å². The third-order valence-corrected chi connectivity index (χ3v) is 4.63. The van der Waals surface area contributed by atoms with E-state index in [1.54, 1.807) is 18.2 Å². The fourth-order valence-electron chi connectivity index (χ4n) is 3.07. The van der Waals surface area contributed by atoms with Gasteiger partial charge in [-0.05, 0) is 29.8 Å². The molecule has 1 aliphatic rings. The lowest BCUT2D eigenvalue weighted by Crippen LogP contribution is -2.72. The van der Waals surface area contributed by atoms with Crippen LogP contribution in [0, 0.1) is 5.92 Å². The van der Waals surface area contributed by atoms with E-state index >= 15 is 0 Å². The molecule has 1 fully saturated rings. The molecule has 0 bridgehead atoms. The number of hydrogen-bond donors (Lipinski definition) is 3. The van der Waals surface area contributed by atoms with Crippen LogP contribution >= 0.6 is 11.6 Å². The van der Waals surface area contributed by atoms with E-state index in [2.05, 4.69) is 5.32 Å². The predicted octanol–water partition coefficient (Wildman–Crippen LogP) is 3.44. The van der Waals surface area contributed by atoms with Gasteiger partial charge in [0.2, 0.25) is 5.72 Å². The van der Waals surface area contributed by atoms with E-state index in [0.29, 0.717) is 5.02 Å². The van der Waals surface area contributed by atoms with Gasteiger partial charge >= 0.3 is 12.2 Å². The molecular formula is C18H14ClF3N2O3. The summed E-state index contributed by atoms with van der Waals surface area (Å²) in [5.41, 5.74) is -3.57. The number of rotatable bonds is 3. The van der Waals surface area contributed by atoms with Crippen LogP contribution in [0.25, 0.3) is 0 Å². The fourth-order valence-corrected chi connectivity index (χ4v) is 3.20. The van der Waals surface area contributed by atoms with Gasteiger partial charge in [-0.1, -0.05) is 41.9 Å². The van der Waals surface area contributed by atoms with Crippen LogP contribution in [0.3, 0.4) is 0 Å². The minimum absolute atomic E-state index is 0.0778. The third-order valence-electron chi connectivity index (χ3n) is 4.38. The van der Waals surface area contributed by atoms with Crippen molar-refractivity contribution in [1.29, 1.82) is 0 Å². The van der Waals surface area contributed by atoms with Crippen molar-refractivity contribution < 1.29 is 27.9 Å². The zero-order chi connectivity index (χ0) is 19.8. The van der Waals surface area contributed by atoms with Gasteiger partial charge in [0.1, 0.15) is 5.92 Å². The first-order valence-electron chi connectivity index (χ1n) is 7.86. The van der Waals surface area contributed by atoms with Crippen LogP contribution in [0.15, 0.2) is 54.6 Å². The Morgan fingerprint density at radius 3 is 2.22 bits per heavy atom. The summed E-state index contributed by atoms with van der Waals surface area (Å²) < 4.78 is 41.1. The van der Waals surface area contributed by atoms with Crippen molar-refractivity contribution in [2.45, 2.75) is 17.9 Å². The van der Waals surface area contributed by atoms with Crippen LogP contribution in [0.4, 0.5) is 18.0 Å². The number of nitrogens with one attached hydrogen (secondary N) is 2. The van der Waals surface area contributed by atoms with Crippen LogP contribution in [0.5, 0.6) is 0 Å². The molecule has 0 unspecified atom stereocenters. The highest BCUT2D eigenvalue weighted by molar-refractivity contribution is 6.30. The lowest BCUT2D eigenvalue weighted by molar-refractivity contribution is -0.287. The number of amides is 2.